The third-order valence-electron chi connectivity index (χ3n) is 3.35. The van der Waals surface area contributed by atoms with Gasteiger partial charge >= 0.3 is 6.18 Å². The van der Waals surface area contributed by atoms with Crippen molar-refractivity contribution in [1.29, 1.82) is 0 Å². The van der Waals surface area contributed by atoms with Crippen LogP contribution >= 0.6 is 0 Å². The molecule has 3 aromatic rings. The van der Waals surface area contributed by atoms with Crippen molar-refractivity contribution in [3.63, 3.8) is 0 Å². The van der Waals surface area contributed by atoms with E-state index >= 15 is 0 Å². The number of benzene rings is 1. The van der Waals surface area contributed by atoms with E-state index in [1.165, 1.54) is 24.6 Å². The van der Waals surface area contributed by atoms with Crippen molar-refractivity contribution in [1.82, 2.24) is 15.0 Å². The third-order valence-corrected chi connectivity index (χ3v) is 4.70. The van der Waals surface area contributed by atoms with Gasteiger partial charge in [0.1, 0.15) is 17.1 Å². The number of methoxy groups -OCH3 is 1. The molecule has 2 aromatic heterocycles. The van der Waals surface area contributed by atoms with E-state index in [1.807, 2.05) is 6.92 Å². The Kier molecular flexibility index (Phi) is 4.77. The van der Waals surface area contributed by atoms with Crippen LogP contribution in [0.2, 0.25) is 0 Å². The smallest absolute Gasteiger partial charge is 0.424 e. The fourth-order valence-electron chi connectivity index (χ4n) is 2.15. The van der Waals surface area contributed by atoms with E-state index in [0.29, 0.717) is 0 Å². The van der Waals surface area contributed by atoms with Gasteiger partial charge in [0.25, 0.3) is 5.89 Å². The van der Waals surface area contributed by atoms with Gasteiger partial charge in [-0.3, -0.25) is 0 Å². The summed E-state index contributed by atoms with van der Waals surface area (Å²) in [6.45, 7) is 1.81. The van der Waals surface area contributed by atoms with Gasteiger partial charge in [0.2, 0.25) is 11.7 Å². The summed E-state index contributed by atoms with van der Waals surface area (Å²) in [4.78, 5) is 11.5. The molecule has 3 rings (SSSR count). The quantitative estimate of drug-likeness (QED) is 0.640. The van der Waals surface area contributed by atoms with Crippen LogP contribution in [0.4, 0.5) is 13.2 Å². The SMILES string of the molecule is COc1nc(-c2ncco2)nc(S(=O)c2ccc(C)cc2)c1C(F)(F)F. The summed E-state index contributed by atoms with van der Waals surface area (Å²) in [6.07, 6.45) is -2.35. The van der Waals surface area contributed by atoms with Crippen molar-refractivity contribution < 1.29 is 26.5 Å². The normalized spacial score (nSPS) is 12.8. The first kappa shape index (κ1) is 18.1. The van der Waals surface area contributed by atoms with Gasteiger partial charge in [-0.05, 0) is 19.1 Å². The van der Waals surface area contributed by atoms with Crippen LogP contribution in [0.1, 0.15) is 11.1 Å². The number of halogens is 3. The van der Waals surface area contributed by atoms with E-state index in [0.717, 1.165) is 12.7 Å². The molecule has 0 N–H and O–H groups in total. The Morgan fingerprint density at radius 1 is 1.15 bits per heavy atom. The second kappa shape index (κ2) is 6.87. The number of hydrogen-bond donors (Lipinski definition) is 0. The first-order valence-corrected chi connectivity index (χ1v) is 8.37. The molecule has 0 saturated carbocycles. The van der Waals surface area contributed by atoms with E-state index in [4.69, 9.17) is 9.15 Å². The zero-order valence-corrected chi connectivity index (χ0v) is 14.4. The van der Waals surface area contributed by atoms with Crippen molar-refractivity contribution in [3.05, 3.63) is 47.9 Å². The summed E-state index contributed by atoms with van der Waals surface area (Å²) in [7, 11) is -1.18. The fourth-order valence-corrected chi connectivity index (χ4v) is 3.31. The predicted octanol–water partition coefficient (Wildman–Crippen LogP) is 3.63. The Labute approximate surface area is 148 Å². The van der Waals surface area contributed by atoms with Crippen molar-refractivity contribution in [2.24, 2.45) is 0 Å². The molecule has 0 fully saturated rings. The molecule has 26 heavy (non-hydrogen) atoms. The number of aryl methyl sites for hydroxylation is 1. The van der Waals surface area contributed by atoms with Crippen molar-refractivity contribution in [3.8, 4) is 17.6 Å². The van der Waals surface area contributed by atoms with E-state index in [1.54, 1.807) is 12.1 Å². The molecule has 0 spiro atoms. The lowest BCUT2D eigenvalue weighted by atomic mass is 10.2. The minimum atomic E-state index is -4.86. The largest absolute Gasteiger partial charge is 0.480 e. The highest BCUT2D eigenvalue weighted by Crippen LogP contribution is 2.40. The summed E-state index contributed by atoms with van der Waals surface area (Å²) >= 11 is 0. The molecule has 1 aromatic carbocycles. The lowest BCUT2D eigenvalue weighted by Gasteiger charge is -2.15. The number of rotatable bonds is 4. The maximum atomic E-state index is 13.6. The standard InChI is InChI=1S/C16H12F3N3O3S/c1-9-3-5-10(6-4-9)26(23)15-11(16(17,18)19)13(24-2)21-12(22-15)14-20-7-8-25-14/h3-8H,1-2H3. The zero-order valence-electron chi connectivity index (χ0n) is 13.6. The van der Waals surface area contributed by atoms with Crippen LogP contribution in [0.5, 0.6) is 5.88 Å². The summed E-state index contributed by atoms with van der Waals surface area (Å²) in [6, 6.07) is 6.25. The van der Waals surface area contributed by atoms with E-state index < -0.39 is 33.4 Å². The van der Waals surface area contributed by atoms with Crippen LogP contribution in [0.25, 0.3) is 11.7 Å². The lowest BCUT2D eigenvalue weighted by Crippen LogP contribution is -2.16. The number of aromatic nitrogens is 3. The molecule has 6 nitrogen and oxygen atoms in total. The highest BCUT2D eigenvalue weighted by atomic mass is 32.2. The maximum absolute atomic E-state index is 13.6. The molecular formula is C16H12F3N3O3S. The molecule has 2 heterocycles. The lowest BCUT2D eigenvalue weighted by molar-refractivity contribution is -0.141. The number of nitrogens with zero attached hydrogens (tertiary/aromatic N) is 3. The van der Waals surface area contributed by atoms with Crippen molar-refractivity contribution in [2.45, 2.75) is 23.0 Å². The molecule has 0 bridgehead atoms. The summed E-state index contributed by atoms with van der Waals surface area (Å²) < 4.78 is 63.4. The molecule has 10 heteroatoms. The van der Waals surface area contributed by atoms with Crippen molar-refractivity contribution >= 4 is 10.8 Å². The minimum absolute atomic E-state index is 0.112. The number of ether oxygens (including phenoxy) is 1. The highest BCUT2D eigenvalue weighted by Gasteiger charge is 2.42. The van der Waals surface area contributed by atoms with Crippen LogP contribution in [0, 0.1) is 6.92 Å². The maximum Gasteiger partial charge on any atom is 0.424 e. The second-order valence-electron chi connectivity index (χ2n) is 5.15. The van der Waals surface area contributed by atoms with Gasteiger partial charge in [0.15, 0.2) is 10.6 Å². The summed E-state index contributed by atoms with van der Waals surface area (Å²) in [5, 5.41) is -0.721. The Balaban J connectivity index is 2.24. The molecule has 0 saturated heterocycles. The van der Waals surface area contributed by atoms with Gasteiger partial charge in [-0.2, -0.15) is 18.2 Å². The van der Waals surface area contributed by atoms with Crippen LogP contribution in [0.15, 0.2) is 51.1 Å². The zero-order chi connectivity index (χ0) is 18.9. The van der Waals surface area contributed by atoms with Gasteiger partial charge in [-0.15, -0.1) is 0 Å². The van der Waals surface area contributed by atoms with E-state index in [9.17, 15) is 17.4 Å². The second-order valence-corrected chi connectivity index (χ2v) is 6.55. The Bertz CT molecular complexity index is 942. The molecule has 0 aliphatic rings. The fraction of sp³-hybridized carbons (Fsp3) is 0.188. The van der Waals surface area contributed by atoms with Gasteiger partial charge in [-0.25, -0.2) is 14.2 Å². The number of alkyl halides is 3. The average Bonchev–Trinajstić information content (AvgIpc) is 3.14. The Morgan fingerprint density at radius 3 is 2.38 bits per heavy atom. The van der Waals surface area contributed by atoms with Gasteiger partial charge < -0.3 is 9.15 Å². The van der Waals surface area contributed by atoms with Crippen LogP contribution < -0.4 is 4.74 Å². The van der Waals surface area contributed by atoms with Crippen LogP contribution in [-0.4, -0.2) is 26.3 Å². The molecule has 0 aliphatic heterocycles. The number of hydrogen-bond acceptors (Lipinski definition) is 6. The van der Waals surface area contributed by atoms with E-state index in [-0.39, 0.29) is 16.6 Å². The van der Waals surface area contributed by atoms with Crippen LogP contribution in [-0.2, 0) is 17.0 Å². The highest BCUT2D eigenvalue weighted by molar-refractivity contribution is 7.85. The molecule has 0 radical (unpaired) electrons. The third kappa shape index (κ3) is 3.45. The molecule has 1 atom stereocenters. The topological polar surface area (TPSA) is 78.1 Å². The first-order valence-electron chi connectivity index (χ1n) is 7.22. The summed E-state index contributed by atoms with van der Waals surface area (Å²) in [5.74, 6) is -1.12. The molecule has 1 unspecified atom stereocenters. The van der Waals surface area contributed by atoms with Crippen molar-refractivity contribution in [2.75, 3.05) is 7.11 Å². The number of oxazole rings is 1. The first-order chi connectivity index (χ1) is 12.3. The van der Waals surface area contributed by atoms with Crippen LogP contribution in [0.3, 0.4) is 0 Å². The van der Waals surface area contributed by atoms with E-state index in [2.05, 4.69) is 15.0 Å². The monoisotopic (exact) mass is 383 g/mol. The van der Waals surface area contributed by atoms with Gasteiger partial charge in [0.05, 0.1) is 13.3 Å². The molecular weight excluding hydrogens is 371 g/mol. The Hall–Kier alpha value is -2.75. The molecule has 0 amide bonds. The Morgan fingerprint density at radius 2 is 1.85 bits per heavy atom. The van der Waals surface area contributed by atoms with Gasteiger partial charge in [-0.1, -0.05) is 17.7 Å². The minimum Gasteiger partial charge on any atom is -0.480 e. The predicted molar refractivity (Wildman–Crippen MR) is 84.9 cm³/mol. The molecule has 136 valence electrons. The average molecular weight is 383 g/mol. The van der Waals surface area contributed by atoms with Gasteiger partial charge in [0, 0.05) is 4.90 Å². The molecule has 0 aliphatic carbocycles. The summed E-state index contributed by atoms with van der Waals surface area (Å²) in [5.41, 5.74) is -0.420.